The number of carbonyl (C=O) groups excluding carboxylic acids is 1. The normalized spacial score (nSPS) is 21.1. The minimum absolute atomic E-state index is 0.0985. The Bertz CT molecular complexity index is 1320. The Hall–Kier alpha value is -3.10. The van der Waals surface area contributed by atoms with Gasteiger partial charge in [0.1, 0.15) is 12.2 Å². The molecule has 5 heterocycles. The molecule has 2 saturated heterocycles. The standard InChI is InChI=1S/C28H32N6O2/c1-32-18-29-31-25(32)13-28(16-36-17-28)20-5-4-6-22(11-20)34-15-24-23(27(34)35)12-21(14-33-9-2-3-10-33)30-26(24)19-7-8-19/h4-6,11-12,18-19H,2-3,7-10,13-17H2,1H3. The smallest absolute Gasteiger partial charge is 0.259 e. The lowest BCUT2D eigenvalue weighted by Crippen LogP contribution is -2.49. The summed E-state index contributed by atoms with van der Waals surface area (Å²) in [5, 5.41) is 8.35. The molecule has 3 aromatic rings. The summed E-state index contributed by atoms with van der Waals surface area (Å²) in [6.07, 6.45) is 7.38. The molecule has 36 heavy (non-hydrogen) atoms. The molecule has 1 amide bonds. The molecule has 3 fully saturated rings. The van der Waals surface area contributed by atoms with E-state index in [0.29, 0.717) is 25.7 Å². The molecule has 7 rings (SSSR count). The Balaban J connectivity index is 1.19. The van der Waals surface area contributed by atoms with E-state index >= 15 is 0 Å². The molecule has 0 unspecified atom stereocenters. The summed E-state index contributed by atoms with van der Waals surface area (Å²) >= 11 is 0. The van der Waals surface area contributed by atoms with Gasteiger partial charge in [0.15, 0.2) is 0 Å². The number of nitrogens with zero attached hydrogens (tertiary/aromatic N) is 6. The maximum Gasteiger partial charge on any atom is 0.259 e. The fourth-order valence-electron chi connectivity index (χ4n) is 6.03. The summed E-state index contributed by atoms with van der Waals surface area (Å²) in [4.78, 5) is 23.3. The van der Waals surface area contributed by atoms with Gasteiger partial charge < -0.3 is 14.2 Å². The Kier molecular flexibility index (Phi) is 5.22. The number of carbonyl (C=O) groups is 1. The highest BCUT2D eigenvalue weighted by Crippen LogP contribution is 2.44. The minimum atomic E-state index is -0.143. The lowest BCUT2D eigenvalue weighted by atomic mass is 9.75. The van der Waals surface area contributed by atoms with Crippen molar-refractivity contribution in [1.29, 1.82) is 0 Å². The van der Waals surface area contributed by atoms with Gasteiger partial charge in [0.25, 0.3) is 5.91 Å². The molecule has 1 aliphatic carbocycles. The molecule has 0 spiro atoms. The van der Waals surface area contributed by atoms with E-state index in [1.807, 2.05) is 16.5 Å². The number of anilines is 1. The van der Waals surface area contributed by atoms with Gasteiger partial charge in [0, 0.05) is 53.9 Å². The van der Waals surface area contributed by atoms with Crippen LogP contribution in [0.5, 0.6) is 0 Å². The molecule has 0 N–H and O–H groups in total. The highest BCUT2D eigenvalue weighted by molar-refractivity contribution is 6.10. The number of pyridine rings is 1. The van der Waals surface area contributed by atoms with Crippen LogP contribution in [0.3, 0.4) is 0 Å². The van der Waals surface area contributed by atoms with Gasteiger partial charge in [-0.3, -0.25) is 14.7 Å². The van der Waals surface area contributed by atoms with Gasteiger partial charge in [-0.05, 0) is 62.5 Å². The predicted molar refractivity (Wildman–Crippen MR) is 135 cm³/mol. The number of ether oxygens (including phenoxy) is 1. The highest BCUT2D eigenvalue weighted by atomic mass is 16.5. The van der Waals surface area contributed by atoms with Gasteiger partial charge in [-0.25, -0.2) is 0 Å². The fraction of sp³-hybridized carbons (Fsp3) is 0.500. The molecular formula is C28H32N6O2. The summed E-state index contributed by atoms with van der Waals surface area (Å²) in [5.41, 5.74) is 6.20. The maximum absolute atomic E-state index is 13.8. The molecule has 1 aromatic carbocycles. The lowest BCUT2D eigenvalue weighted by molar-refractivity contribution is -0.0611. The first-order valence-corrected chi connectivity index (χ1v) is 13.2. The second kappa shape index (κ2) is 8.49. The Morgan fingerprint density at radius 1 is 1.14 bits per heavy atom. The van der Waals surface area contributed by atoms with Crippen molar-refractivity contribution in [2.45, 2.75) is 56.5 Å². The molecule has 8 nitrogen and oxygen atoms in total. The van der Waals surface area contributed by atoms with E-state index in [-0.39, 0.29) is 11.3 Å². The number of hydrogen-bond acceptors (Lipinski definition) is 6. The van der Waals surface area contributed by atoms with E-state index in [1.165, 1.54) is 36.9 Å². The average Bonchev–Trinajstić information content (AvgIpc) is 3.27. The van der Waals surface area contributed by atoms with E-state index in [0.717, 1.165) is 54.4 Å². The zero-order chi connectivity index (χ0) is 24.3. The SMILES string of the molecule is Cn1cnnc1CC1(c2cccc(N3Cc4c(cc(CN5CCCC5)nc4C4CC4)C3=O)c2)COC1. The van der Waals surface area contributed by atoms with Gasteiger partial charge >= 0.3 is 0 Å². The van der Waals surface area contributed by atoms with Crippen molar-refractivity contribution >= 4 is 11.6 Å². The van der Waals surface area contributed by atoms with Crippen molar-refractivity contribution in [2.75, 3.05) is 31.2 Å². The number of hydrogen-bond donors (Lipinski definition) is 0. The van der Waals surface area contributed by atoms with Gasteiger partial charge in [-0.1, -0.05) is 12.1 Å². The Morgan fingerprint density at radius 2 is 1.97 bits per heavy atom. The van der Waals surface area contributed by atoms with Crippen LogP contribution in [0, 0.1) is 0 Å². The van der Waals surface area contributed by atoms with E-state index in [9.17, 15) is 4.79 Å². The van der Waals surface area contributed by atoms with Crippen LogP contribution in [0.2, 0.25) is 0 Å². The highest BCUT2D eigenvalue weighted by Gasteiger charge is 2.43. The van der Waals surface area contributed by atoms with Crippen LogP contribution < -0.4 is 4.90 Å². The summed E-state index contributed by atoms with van der Waals surface area (Å²) in [6.45, 7) is 5.00. The van der Waals surface area contributed by atoms with Crippen molar-refractivity contribution in [3.8, 4) is 0 Å². The van der Waals surface area contributed by atoms with Crippen LogP contribution in [-0.2, 0) is 36.7 Å². The van der Waals surface area contributed by atoms with Crippen molar-refractivity contribution in [3.05, 3.63) is 70.6 Å². The number of likely N-dealkylation sites (tertiary alicyclic amines) is 1. The van der Waals surface area contributed by atoms with Crippen molar-refractivity contribution in [3.63, 3.8) is 0 Å². The van der Waals surface area contributed by atoms with Crippen LogP contribution in [0.4, 0.5) is 5.69 Å². The predicted octanol–water partition coefficient (Wildman–Crippen LogP) is 3.35. The van der Waals surface area contributed by atoms with Gasteiger partial charge in [-0.15, -0.1) is 10.2 Å². The molecule has 1 saturated carbocycles. The number of fused-ring (bicyclic) bond motifs is 1. The first-order chi connectivity index (χ1) is 17.6. The molecule has 0 bridgehead atoms. The minimum Gasteiger partial charge on any atom is -0.379 e. The number of amides is 1. The number of aryl methyl sites for hydroxylation is 1. The zero-order valence-electron chi connectivity index (χ0n) is 20.8. The van der Waals surface area contributed by atoms with E-state index in [2.05, 4.69) is 45.4 Å². The summed E-state index contributed by atoms with van der Waals surface area (Å²) in [6, 6.07) is 10.5. The van der Waals surface area contributed by atoms with E-state index < -0.39 is 0 Å². The molecule has 8 heteroatoms. The average molecular weight is 485 g/mol. The zero-order valence-corrected chi connectivity index (χ0v) is 20.8. The third-order valence-electron chi connectivity index (χ3n) is 8.38. The van der Waals surface area contributed by atoms with Crippen molar-refractivity contribution in [1.82, 2.24) is 24.6 Å². The molecule has 186 valence electrons. The molecule has 0 radical (unpaired) electrons. The third kappa shape index (κ3) is 3.74. The van der Waals surface area contributed by atoms with Crippen molar-refractivity contribution < 1.29 is 9.53 Å². The van der Waals surface area contributed by atoms with Crippen molar-refractivity contribution in [2.24, 2.45) is 7.05 Å². The first-order valence-electron chi connectivity index (χ1n) is 13.2. The van der Waals surface area contributed by atoms with Gasteiger partial charge in [-0.2, -0.15) is 0 Å². The lowest BCUT2D eigenvalue weighted by Gasteiger charge is -2.42. The maximum atomic E-state index is 13.8. The molecule has 0 atom stereocenters. The Labute approximate surface area is 211 Å². The first kappa shape index (κ1) is 22.1. The fourth-order valence-corrected chi connectivity index (χ4v) is 6.03. The van der Waals surface area contributed by atoms with Crippen LogP contribution in [0.25, 0.3) is 0 Å². The Morgan fingerprint density at radius 3 is 2.67 bits per heavy atom. The number of rotatable bonds is 7. The van der Waals surface area contributed by atoms with Crippen LogP contribution in [0.15, 0.2) is 36.7 Å². The molecule has 2 aromatic heterocycles. The second-order valence-electron chi connectivity index (χ2n) is 11.0. The topological polar surface area (TPSA) is 76.4 Å². The summed E-state index contributed by atoms with van der Waals surface area (Å²) < 4.78 is 7.65. The van der Waals surface area contributed by atoms with Crippen LogP contribution in [0.1, 0.15) is 70.3 Å². The van der Waals surface area contributed by atoms with E-state index in [1.54, 1.807) is 6.33 Å². The largest absolute Gasteiger partial charge is 0.379 e. The van der Waals surface area contributed by atoms with Crippen LogP contribution >= 0.6 is 0 Å². The second-order valence-corrected chi connectivity index (χ2v) is 11.0. The summed E-state index contributed by atoms with van der Waals surface area (Å²) in [7, 11) is 1.97. The third-order valence-corrected chi connectivity index (χ3v) is 8.38. The van der Waals surface area contributed by atoms with E-state index in [4.69, 9.17) is 9.72 Å². The monoisotopic (exact) mass is 484 g/mol. The van der Waals surface area contributed by atoms with Gasteiger partial charge in [0.2, 0.25) is 0 Å². The molecule has 3 aliphatic heterocycles. The molecular weight excluding hydrogens is 452 g/mol. The molecule has 4 aliphatic rings. The number of aromatic nitrogens is 4. The van der Waals surface area contributed by atoms with Crippen LogP contribution in [-0.4, -0.2) is 56.9 Å². The summed E-state index contributed by atoms with van der Waals surface area (Å²) in [5.74, 6) is 1.55. The van der Waals surface area contributed by atoms with Gasteiger partial charge in [0.05, 0.1) is 25.5 Å². The number of benzene rings is 1. The quantitative estimate of drug-likeness (QED) is 0.512.